The second-order valence-electron chi connectivity index (χ2n) is 4.55. The predicted octanol–water partition coefficient (Wildman–Crippen LogP) is 2.86. The lowest BCUT2D eigenvalue weighted by molar-refractivity contribution is 0.318. The van der Waals surface area contributed by atoms with Gasteiger partial charge in [0.05, 0.1) is 12.0 Å². The fourth-order valence-electron chi connectivity index (χ4n) is 2.57. The van der Waals surface area contributed by atoms with Crippen LogP contribution in [0.1, 0.15) is 51.4 Å². The number of hydrogen-bond acceptors (Lipinski definition) is 3. The van der Waals surface area contributed by atoms with Crippen LogP contribution < -0.4 is 10.0 Å². The lowest BCUT2D eigenvalue weighted by Gasteiger charge is -2.22. The summed E-state index contributed by atoms with van der Waals surface area (Å²) in [5.74, 6) is 1.96. The maximum Gasteiger partial charge on any atom is 0.0702 e. The Bertz CT molecular complexity index is 147. The van der Waals surface area contributed by atoms with Crippen LogP contribution in [-0.2, 0) is 0 Å². The molecule has 0 amide bonds. The summed E-state index contributed by atoms with van der Waals surface area (Å²) in [6, 6.07) is 0. The van der Waals surface area contributed by atoms with Gasteiger partial charge in [0.2, 0.25) is 0 Å². The first-order valence-corrected chi connectivity index (χ1v) is 7.06. The molecular formula is C11H22N2S. The maximum absolute atomic E-state index is 3.55. The lowest BCUT2D eigenvalue weighted by Crippen LogP contribution is -2.38. The van der Waals surface area contributed by atoms with Crippen LogP contribution in [0.3, 0.4) is 0 Å². The number of nitrogens with one attached hydrogen (secondary N) is 2. The van der Waals surface area contributed by atoms with Gasteiger partial charge >= 0.3 is 0 Å². The van der Waals surface area contributed by atoms with E-state index in [4.69, 9.17) is 0 Å². The summed E-state index contributed by atoms with van der Waals surface area (Å²) < 4.78 is 3.50. The van der Waals surface area contributed by atoms with Gasteiger partial charge in [-0.2, -0.15) is 0 Å². The fraction of sp³-hybridized carbons (Fsp3) is 1.00. The lowest BCUT2D eigenvalue weighted by atomic mass is 9.94. The van der Waals surface area contributed by atoms with Crippen molar-refractivity contribution >= 4 is 11.9 Å². The minimum absolute atomic E-state index is 0.595. The molecular weight excluding hydrogens is 192 g/mol. The highest BCUT2D eigenvalue weighted by Gasteiger charge is 2.24. The summed E-state index contributed by atoms with van der Waals surface area (Å²) >= 11 is 1.83. The molecule has 0 aromatic carbocycles. The standard InChI is InChI=1S/C11H22N2S/c1-2-4-6-8-10(7-5-3-1)11-12-9-14-13-11/h10-13H,1-9H2. The van der Waals surface area contributed by atoms with Crippen molar-refractivity contribution in [2.45, 2.75) is 57.5 Å². The summed E-state index contributed by atoms with van der Waals surface area (Å²) in [5, 5.41) is 3.55. The molecule has 3 heteroatoms. The third-order valence-electron chi connectivity index (χ3n) is 3.46. The largest absolute Gasteiger partial charge is 0.291 e. The van der Waals surface area contributed by atoms with Crippen LogP contribution in [-0.4, -0.2) is 12.0 Å². The molecule has 0 radical (unpaired) electrons. The van der Waals surface area contributed by atoms with Gasteiger partial charge in [-0.15, -0.1) is 0 Å². The molecule has 2 fully saturated rings. The Morgan fingerprint density at radius 2 is 1.50 bits per heavy atom. The first-order valence-electron chi connectivity index (χ1n) is 6.07. The van der Waals surface area contributed by atoms with Crippen LogP contribution >= 0.6 is 11.9 Å². The van der Waals surface area contributed by atoms with Crippen molar-refractivity contribution < 1.29 is 0 Å². The summed E-state index contributed by atoms with van der Waals surface area (Å²) in [6.45, 7) is 0. The van der Waals surface area contributed by atoms with Gasteiger partial charge in [0.25, 0.3) is 0 Å². The van der Waals surface area contributed by atoms with E-state index in [0.717, 1.165) is 11.8 Å². The molecule has 1 saturated heterocycles. The molecule has 1 aliphatic heterocycles. The quantitative estimate of drug-likeness (QED) is 0.656. The molecule has 1 atom stereocenters. The Kier molecular flexibility index (Phi) is 4.61. The highest BCUT2D eigenvalue weighted by molar-refractivity contribution is 7.97. The van der Waals surface area contributed by atoms with Crippen LogP contribution in [0, 0.1) is 5.92 Å². The summed E-state index contributed by atoms with van der Waals surface area (Å²) in [6.07, 6.45) is 12.2. The molecule has 14 heavy (non-hydrogen) atoms. The second-order valence-corrected chi connectivity index (χ2v) is 5.36. The van der Waals surface area contributed by atoms with Crippen LogP contribution in [0.4, 0.5) is 0 Å². The molecule has 2 nitrogen and oxygen atoms in total. The van der Waals surface area contributed by atoms with Crippen molar-refractivity contribution in [2.24, 2.45) is 5.92 Å². The monoisotopic (exact) mass is 214 g/mol. The van der Waals surface area contributed by atoms with E-state index in [1.165, 1.54) is 51.4 Å². The average Bonchev–Trinajstić information content (AvgIpc) is 2.75. The zero-order valence-electron chi connectivity index (χ0n) is 8.93. The molecule has 1 unspecified atom stereocenters. The number of hydrogen-bond donors (Lipinski definition) is 2. The Hall–Kier alpha value is 0.270. The zero-order chi connectivity index (χ0) is 9.64. The first-order chi connectivity index (χ1) is 6.97. The molecule has 0 spiro atoms. The Balaban J connectivity index is 1.80. The van der Waals surface area contributed by atoms with Crippen molar-refractivity contribution in [1.29, 1.82) is 0 Å². The topological polar surface area (TPSA) is 24.1 Å². The summed E-state index contributed by atoms with van der Waals surface area (Å²) in [4.78, 5) is 0. The molecule has 1 saturated carbocycles. The third kappa shape index (κ3) is 3.14. The average molecular weight is 214 g/mol. The highest BCUT2D eigenvalue weighted by Crippen LogP contribution is 2.25. The van der Waals surface area contributed by atoms with Crippen LogP contribution in [0.2, 0.25) is 0 Å². The van der Waals surface area contributed by atoms with Crippen molar-refractivity contribution in [2.75, 3.05) is 5.88 Å². The molecule has 2 aliphatic rings. The normalized spacial score (nSPS) is 32.1. The van der Waals surface area contributed by atoms with Gasteiger partial charge in [0.1, 0.15) is 0 Å². The van der Waals surface area contributed by atoms with Gasteiger partial charge in [-0.3, -0.25) is 5.32 Å². The molecule has 2 N–H and O–H groups in total. The molecule has 0 bridgehead atoms. The van der Waals surface area contributed by atoms with E-state index in [2.05, 4.69) is 10.0 Å². The van der Waals surface area contributed by atoms with Gasteiger partial charge < -0.3 is 0 Å². The van der Waals surface area contributed by atoms with Crippen molar-refractivity contribution in [3.05, 3.63) is 0 Å². The van der Waals surface area contributed by atoms with Crippen molar-refractivity contribution in [3.63, 3.8) is 0 Å². The highest BCUT2D eigenvalue weighted by atomic mass is 32.2. The second kappa shape index (κ2) is 5.99. The van der Waals surface area contributed by atoms with E-state index in [1.54, 1.807) is 0 Å². The maximum atomic E-state index is 3.55. The fourth-order valence-corrected chi connectivity index (χ4v) is 3.37. The summed E-state index contributed by atoms with van der Waals surface area (Å²) in [7, 11) is 0. The van der Waals surface area contributed by atoms with Gasteiger partial charge in [0, 0.05) is 0 Å². The Labute approximate surface area is 91.7 Å². The molecule has 1 heterocycles. The van der Waals surface area contributed by atoms with E-state index >= 15 is 0 Å². The van der Waals surface area contributed by atoms with Crippen molar-refractivity contribution in [3.8, 4) is 0 Å². The van der Waals surface area contributed by atoms with Gasteiger partial charge in [-0.05, 0) is 18.8 Å². The first kappa shape index (κ1) is 10.8. The number of rotatable bonds is 1. The summed E-state index contributed by atoms with van der Waals surface area (Å²) in [5.41, 5.74) is 0. The van der Waals surface area contributed by atoms with Gasteiger partial charge in [0.15, 0.2) is 0 Å². The zero-order valence-corrected chi connectivity index (χ0v) is 9.74. The van der Waals surface area contributed by atoms with E-state index in [0.29, 0.717) is 6.17 Å². The molecule has 82 valence electrons. The van der Waals surface area contributed by atoms with E-state index in [9.17, 15) is 0 Å². The SMILES string of the molecule is C1CCCCC(C2NCSN2)CCC1. The Morgan fingerprint density at radius 3 is 2.07 bits per heavy atom. The van der Waals surface area contributed by atoms with E-state index in [1.807, 2.05) is 11.9 Å². The van der Waals surface area contributed by atoms with Gasteiger partial charge in [-0.1, -0.05) is 50.5 Å². The Morgan fingerprint density at radius 1 is 0.857 bits per heavy atom. The van der Waals surface area contributed by atoms with Gasteiger partial charge in [-0.25, -0.2) is 4.72 Å². The third-order valence-corrected chi connectivity index (χ3v) is 4.19. The molecule has 1 aliphatic carbocycles. The van der Waals surface area contributed by atoms with Crippen LogP contribution in [0.15, 0.2) is 0 Å². The predicted molar refractivity (Wildman–Crippen MR) is 62.9 cm³/mol. The molecule has 2 rings (SSSR count). The molecule has 0 aromatic rings. The van der Waals surface area contributed by atoms with Crippen molar-refractivity contribution in [1.82, 2.24) is 10.0 Å². The van der Waals surface area contributed by atoms with E-state index in [-0.39, 0.29) is 0 Å². The van der Waals surface area contributed by atoms with E-state index < -0.39 is 0 Å². The minimum Gasteiger partial charge on any atom is -0.291 e. The minimum atomic E-state index is 0.595. The van der Waals surface area contributed by atoms with Crippen LogP contribution in [0.5, 0.6) is 0 Å². The smallest absolute Gasteiger partial charge is 0.0702 e. The molecule has 0 aromatic heterocycles. The van der Waals surface area contributed by atoms with Crippen LogP contribution in [0.25, 0.3) is 0 Å².